The normalized spacial score (nSPS) is 25.5. The van der Waals surface area contributed by atoms with Crippen LogP contribution in [0.15, 0.2) is 0 Å². The first kappa shape index (κ1) is 25.5. The number of rotatable bonds is 10. The van der Waals surface area contributed by atoms with Crippen molar-refractivity contribution in [2.45, 2.75) is 134 Å². The van der Waals surface area contributed by atoms with Crippen LogP contribution in [-0.2, 0) is 9.59 Å². The Labute approximate surface area is 194 Å². The van der Waals surface area contributed by atoms with Gasteiger partial charge in [-0.05, 0) is 76.0 Å². The molecule has 0 bridgehead atoms. The average molecular weight is 451 g/mol. The van der Waals surface area contributed by atoms with E-state index >= 15 is 0 Å². The highest BCUT2D eigenvalue weighted by Crippen LogP contribution is 2.48. The molecule has 6 nitrogen and oxygen atoms in total. The lowest BCUT2D eigenvalue weighted by molar-refractivity contribution is -0.190. The number of hydrogen-bond donors (Lipinski definition) is 3. The summed E-state index contributed by atoms with van der Waals surface area (Å²) in [5.74, 6) is -0.236. The highest BCUT2D eigenvalue weighted by Gasteiger charge is 2.58. The van der Waals surface area contributed by atoms with Crippen LogP contribution in [0.2, 0.25) is 0 Å². The summed E-state index contributed by atoms with van der Waals surface area (Å²) < 4.78 is 0. The molecule has 3 saturated carbocycles. The smallest absolute Gasteiger partial charge is 0.238 e. The van der Waals surface area contributed by atoms with Crippen LogP contribution in [0.5, 0.6) is 0 Å². The molecular formula is C26H46N2O4. The summed E-state index contributed by atoms with van der Waals surface area (Å²) in [4.78, 5) is 29.1. The Morgan fingerprint density at radius 1 is 0.750 bits per heavy atom. The van der Waals surface area contributed by atoms with Gasteiger partial charge in [0.05, 0.1) is 23.3 Å². The highest BCUT2D eigenvalue weighted by atomic mass is 16.3. The third kappa shape index (κ3) is 4.72. The molecule has 4 N–H and O–H groups in total. The first-order valence-electron chi connectivity index (χ1n) is 13.0. The quantitative estimate of drug-likeness (QED) is 0.439. The maximum Gasteiger partial charge on any atom is 0.238 e. The summed E-state index contributed by atoms with van der Waals surface area (Å²) in [6.07, 6.45) is 9.37. The molecule has 3 rings (SSSR count). The van der Waals surface area contributed by atoms with Crippen molar-refractivity contribution in [1.82, 2.24) is 4.90 Å². The summed E-state index contributed by atoms with van der Waals surface area (Å²) in [6.45, 7) is 8.44. The molecule has 0 aromatic heterocycles. The number of hydrogen-bond acceptors (Lipinski definition) is 4. The Balaban J connectivity index is 2.12. The molecule has 6 heteroatoms. The van der Waals surface area contributed by atoms with Crippen LogP contribution in [0.4, 0.5) is 0 Å². The molecule has 0 unspecified atom stereocenters. The topological polar surface area (TPSA) is 104 Å². The Morgan fingerprint density at radius 2 is 1.16 bits per heavy atom. The Bertz CT molecular complexity index is 641. The molecule has 0 aromatic carbocycles. The van der Waals surface area contributed by atoms with E-state index in [0.29, 0.717) is 51.4 Å². The second-order valence-electron chi connectivity index (χ2n) is 11.9. The fourth-order valence-electron chi connectivity index (χ4n) is 6.29. The minimum absolute atomic E-state index is 0.235. The number of aliphatic hydroxyl groups is 2. The van der Waals surface area contributed by atoms with Crippen molar-refractivity contribution in [2.75, 3.05) is 0 Å². The molecular weight excluding hydrogens is 404 g/mol. The van der Waals surface area contributed by atoms with E-state index < -0.39 is 34.6 Å². The van der Waals surface area contributed by atoms with Crippen LogP contribution in [0.1, 0.15) is 111 Å². The number of carbonyl (C=O) groups excluding carboxylic acids is 2. The molecule has 0 aromatic rings. The van der Waals surface area contributed by atoms with Gasteiger partial charge in [0.2, 0.25) is 11.8 Å². The summed E-state index contributed by atoms with van der Waals surface area (Å²) in [5, 5.41) is 23.2. The fraction of sp³-hybridized carbons (Fsp3) is 0.923. The standard InChI is InChI=1S/C26H46N2O4/c1-18(2)16-20(25(31)12-8-13-25)28(21(17-19(3)4)26(32)14-9-15-26)23(30)24(22(27)29)10-6-5-7-11-24/h18-21,31-32H,5-17H2,1-4H3,(H2,27,29)/t20-,21-/m1/s1. The molecule has 184 valence electrons. The summed E-state index contributed by atoms with van der Waals surface area (Å²) in [7, 11) is 0. The Kier molecular flexibility index (Phi) is 7.66. The molecule has 2 atom stereocenters. The van der Waals surface area contributed by atoms with Crippen molar-refractivity contribution in [3.05, 3.63) is 0 Å². The Hall–Kier alpha value is -1.14. The average Bonchev–Trinajstić information content (AvgIpc) is 2.68. The maximum absolute atomic E-state index is 14.5. The molecule has 32 heavy (non-hydrogen) atoms. The van der Waals surface area contributed by atoms with E-state index in [1.165, 1.54) is 0 Å². The van der Waals surface area contributed by atoms with E-state index in [4.69, 9.17) is 5.73 Å². The van der Waals surface area contributed by atoms with Gasteiger partial charge in [0.25, 0.3) is 0 Å². The lowest BCUT2D eigenvalue weighted by atomic mass is 9.65. The molecule has 0 spiro atoms. The van der Waals surface area contributed by atoms with Gasteiger partial charge in [-0.3, -0.25) is 9.59 Å². The van der Waals surface area contributed by atoms with Crippen LogP contribution >= 0.6 is 0 Å². The molecule has 0 aliphatic heterocycles. The van der Waals surface area contributed by atoms with Crippen molar-refractivity contribution in [3.63, 3.8) is 0 Å². The number of carbonyl (C=O) groups is 2. The van der Waals surface area contributed by atoms with E-state index in [1.54, 1.807) is 0 Å². The van der Waals surface area contributed by atoms with Crippen molar-refractivity contribution < 1.29 is 19.8 Å². The minimum atomic E-state index is -1.22. The van der Waals surface area contributed by atoms with Gasteiger partial charge in [-0.2, -0.15) is 0 Å². The molecule has 3 aliphatic rings. The largest absolute Gasteiger partial charge is 0.388 e. The summed E-state index contributed by atoms with van der Waals surface area (Å²) in [6, 6.07) is -0.814. The zero-order valence-electron chi connectivity index (χ0n) is 20.7. The van der Waals surface area contributed by atoms with Crippen LogP contribution in [0.3, 0.4) is 0 Å². The van der Waals surface area contributed by atoms with Gasteiger partial charge in [0.1, 0.15) is 5.41 Å². The number of nitrogens with two attached hydrogens (primary N) is 1. The second kappa shape index (κ2) is 9.61. The van der Waals surface area contributed by atoms with Crippen molar-refractivity contribution in [3.8, 4) is 0 Å². The SMILES string of the molecule is CC(C)C[C@@H](N(C(=O)C1(C(N)=O)CCCCC1)[C@H](CC(C)C)C1(O)CCC1)C1(O)CCC1. The van der Waals surface area contributed by atoms with Gasteiger partial charge in [0, 0.05) is 0 Å². The number of nitrogens with zero attached hydrogens (tertiary/aromatic N) is 1. The van der Waals surface area contributed by atoms with Crippen LogP contribution in [0, 0.1) is 17.3 Å². The van der Waals surface area contributed by atoms with Crippen molar-refractivity contribution >= 4 is 11.8 Å². The highest BCUT2D eigenvalue weighted by molar-refractivity contribution is 6.04. The van der Waals surface area contributed by atoms with Crippen LogP contribution in [-0.4, -0.2) is 50.2 Å². The monoisotopic (exact) mass is 450 g/mol. The van der Waals surface area contributed by atoms with Gasteiger partial charge in [-0.15, -0.1) is 0 Å². The predicted octanol–water partition coefficient (Wildman–Crippen LogP) is 3.91. The van der Waals surface area contributed by atoms with Gasteiger partial charge >= 0.3 is 0 Å². The van der Waals surface area contributed by atoms with Crippen molar-refractivity contribution in [2.24, 2.45) is 23.0 Å². The van der Waals surface area contributed by atoms with E-state index in [2.05, 4.69) is 27.7 Å². The molecule has 3 fully saturated rings. The van der Waals surface area contributed by atoms with Crippen molar-refractivity contribution in [1.29, 1.82) is 0 Å². The van der Waals surface area contributed by atoms with E-state index in [1.807, 2.05) is 4.90 Å². The fourth-order valence-corrected chi connectivity index (χ4v) is 6.29. The molecule has 0 heterocycles. The Morgan fingerprint density at radius 3 is 1.44 bits per heavy atom. The lowest BCUT2D eigenvalue weighted by Crippen LogP contribution is -2.70. The third-order valence-electron chi connectivity index (χ3n) is 8.56. The summed E-state index contributed by atoms with van der Waals surface area (Å²) in [5.41, 5.74) is 2.81. The molecule has 0 saturated heterocycles. The number of amides is 2. The molecule has 2 amide bonds. The zero-order valence-corrected chi connectivity index (χ0v) is 20.7. The van der Waals surface area contributed by atoms with Gasteiger partial charge < -0.3 is 20.8 Å². The second-order valence-corrected chi connectivity index (χ2v) is 11.9. The van der Waals surface area contributed by atoms with E-state index in [9.17, 15) is 19.8 Å². The lowest BCUT2D eigenvalue weighted by Gasteiger charge is -2.57. The van der Waals surface area contributed by atoms with E-state index in [-0.39, 0.29) is 17.7 Å². The first-order chi connectivity index (χ1) is 15.0. The minimum Gasteiger partial charge on any atom is -0.388 e. The van der Waals surface area contributed by atoms with E-state index in [0.717, 1.165) is 32.1 Å². The molecule has 0 radical (unpaired) electrons. The third-order valence-corrected chi connectivity index (χ3v) is 8.56. The van der Waals surface area contributed by atoms with Gasteiger partial charge in [-0.25, -0.2) is 0 Å². The summed E-state index contributed by atoms with van der Waals surface area (Å²) >= 11 is 0. The zero-order chi connectivity index (χ0) is 23.7. The van der Waals surface area contributed by atoms with Crippen LogP contribution < -0.4 is 5.73 Å². The number of primary amides is 1. The van der Waals surface area contributed by atoms with Crippen LogP contribution in [0.25, 0.3) is 0 Å². The predicted molar refractivity (Wildman–Crippen MR) is 126 cm³/mol. The van der Waals surface area contributed by atoms with Gasteiger partial charge in [-0.1, -0.05) is 47.0 Å². The molecule has 3 aliphatic carbocycles. The maximum atomic E-state index is 14.5. The first-order valence-corrected chi connectivity index (χ1v) is 13.0. The van der Waals surface area contributed by atoms with Gasteiger partial charge in [0.15, 0.2) is 0 Å².